The highest BCUT2D eigenvalue weighted by molar-refractivity contribution is 5.28. The van der Waals surface area contributed by atoms with Crippen LogP contribution in [0.15, 0.2) is 48.3 Å². The number of alkyl halides is 3. The zero-order chi connectivity index (χ0) is 15.7. The summed E-state index contributed by atoms with van der Waals surface area (Å²) in [5.41, 5.74) is -0.753. The molecule has 1 nitrogen and oxygen atoms in total. The van der Waals surface area contributed by atoms with Crippen molar-refractivity contribution >= 4 is 0 Å². The maximum atomic E-state index is 12.7. The summed E-state index contributed by atoms with van der Waals surface area (Å²) in [5.74, 6) is 0.934. The Morgan fingerprint density at radius 3 is 2.52 bits per heavy atom. The quantitative estimate of drug-likeness (QED) is 0.253. The highest BCUT2D eigenvalue weighted by atomic mass is 19.4. The molecule has 1 fully saturated rings. The van der Waals surface area contributed by atoms with E-state index in [9.17, 15) is 13.2 Å². The van der Waals surface area contributed by atoms with E-state index in [-0.39, 0.29) is 5.76 Å². The largest absolute Gasteiger partial charge is 0.498 e. The second-order valence-corrected chi connectivity index (χ2v) is 5.22. The Bertz CT molecular complexity index is 410. The van der Waals surface area contributed by atoms with Gasteiger partial charge < -0.3 is 4.74 Å². The fourth-order valence-corrected chi connectivity index (χ4v) is 2.34. The molecule has 0 spiro atoms. The van der Waals surface area contributed by atoms with Gasteiger partial charge in [0.25, 0.3) is 0 Å². The molecule has 0 heterocycles. The molecule has 1 aliphatic carbocycles. The Kier molecular flexibility index (Phi) is 7.34. The minimum absolute atomic E-state index is 0.259. The fraction of sp³-hybridized carbons (Fsp3) is 0.529. The molecule has 21 heavy (non-hydrogen) atoms. The van der Waals surface area contributed by atoms with Crippen molar-refractivity contribution in [2.24, 2.45) is 5.92 Å². The summed E-state index contributed by atoms with van der Waals surface area (Å²) in [4.78, 5) is 0. The third-order valence-corrected chi connectivity index (χ3v) is 3.41. The van der Waals surface area contributed by atoms with Crippen molar-refractivity contribution in [3.8, 4) is 0 Å². The molecule has 0 aromatic carbocycles. The maximum absolute atomic E-state index is 12.7. The summed E-state index contributed by atoms with van der Waals surface area (Å²) in [5, 5.41) is 0. The molecule has 118 valence electrons. The number of allylic oxidation sites excluding steroid dienone is 6. The van der Waals surface area contributed by atoms with E-state index in [4.69, 9.17) is 4.74 Å². The minimum atomic E-state index is -4.39. The highest BCUT2D eigenvalue weighted by Crippen LogP contribution is 2.28. The molecule has 0 radical (unpaired) electrons. The number of ether oxygens (including phenoxy) is 1. The number of halogens is 3. The molecule has 0 amide bonds. The molecular weight excluding hydrogens is 277 g/mol. The van der Waals surface area contributed by atoms with E-state index in [1.807, 2.05) is 0 Å². The van der Waals surface area contributed by atoms with Gasteiger partial charge in [-0.15, -0.1) is 0 Å². The number of hydrogen-bond donors (Lipinski definition) is 0. The number of hydrogen-bond acceptors (Lipinski definition) is 1. The van der Waals surface area contributed by atoms with E-state index < -0.39 is 11.7 Å². The van der Waals surface area contributed by atoms with Gasteiger partial charge in [-0.05, 0) is 38.2 Å². The van der Waals surface area contributed by atoms with Crippen molar-refractivity contribution in [3.05, 3.63) is 48.3 Å². The predicted molar refractivity (Wildman–Crippen MR) is 79.8 cm³/mol. The van der Waals surface area contributed by atoms with Crippen LogP contribution < -0.4 is 0 Å². The lowest BCUT2D eigenvalue weighted by molar-refractivity contribution is -0.0885. The van der Waals surface area contributed by atoms with Gasteiger partial charge in [0.15, 0.2) is 0 Å². The zero-order valence-electron chi connectivity index (χ0n) is 12.5. The Hall–Kier alpha value is -1.45. The second-order valence-electron chi connectivity index (χ2n) is 5.22. The van der Waals surface area contributed by atoms with E-state index in [2.05, 4.69) is 18.7 Å². The molecule has 0 N–H and O–H groups in total. The zero-order valence-corrected chi connectivity index (χ0v) is 12.5. The lowest BCUT2D eigenvalue weighted by atomic mass is 10.1. The molecule has 0 saturated heterocycles. The van der Waals surface area contributed by atoms with Crippen molar-refractivity contribution in [2.75, 3.05) is 6.61 Å². The molecule has 1 rings (SSSR count). The minimum Gasteiger partial charge on any atom is -0.498 e. The molecule has 0 aliphatic heterocycles. The first-order valence-corrected chi connectivity index (χ1v) is 7.31. The number of rotatable bonds is 7. The molecular formula is C17H23F3O. The Labute approximate surface area is 124 Å². The van der Waals surface area contributed by atoms with E-state index in [0.29, 0.717) is 18.9 Å². The Morgan fingerprint density at radius 2 is 1.95 bits per heavy atom. The van der Waals surface area contributed by atoms with Gasteiger partial charge in [-0.3, -0.25) is 0 Å². The van der Waals surface area contributed by atoms with Gasteiger partial charge in [-0.2, -0.15) is 13.2 Å². The van der Waals surface area contributed by atoms with E-state index >= 15 is 0 Å². The summed E-state index contributed by atoms with van der Waals surface area (Å²) in [6.45, 7) is 5.21. The smallest absolute Gasteiger partial charge is 0.416 e. The van der Waals surface area contributed by atoms with Gasteiger partial charge in [0.2, 0.25) is 0 Å². The van der Waals surface area contributed by atoms with Crippen LogP contribution in [-0.4, -0.2) is 12.8 Å². The van der Waals surface area contributed by atoms with Crippen molar-refractivity contribution in [2.45, 2.75) is 45.2 Å². The summed E-state index contributed by atoms with van der Waals surface area (Å²) in [6.07, 6.45) is 8.74. The normalized spacial score (nSPS) is 18.5. The van der Waals surface area contributed by atoms with Crippen LogP contribution in [0.1, 0.15) is 39.0 Å². The monoisotopic (exact) mass is 300 g/mol. The summed E-state index contributed by atoms with van der Waals surface area (Å²) in [6, 6.07) is 0. The fourth-order valence-electron chi connectivity index (χ4n) is 2.34. The van der Waals surface area contributed by atoms with Crippen LogP contribution in [0, 0.1) is 5.92 Å². The summed E-state index contributed by atoms with van der Waals surface area (Å²) >= 11 is 0. The Morgan fingerprint density at radius 1 is 1.29 bits per heavy atom. The molecule has 1 saturated carbocycles. The molecule has 0 aromatic rings. The lowest BCUT2D eigenvalue weighted by Crippen LogP contribution is -2.10. The topological polar surface area (TPSA) is 9.23 Å². The van der Waals surface area contributed by atoms with Crippen molar-refractivity contribution in [1.29, 1.82) is 0 Å². The molecule has 0 atom stereocenters. The predicted octanol–water partition coefficient (Wildman–Crippen LogP) is 5.72. The van der Waals surface area contributed by atoms with Crippen molar-refractivity contribution in [3.63, 3.8) is 0 Å². The van der Waals surface area contributed by atoms with Gasteiger partial charge in [0, 0.05) is 0 Å². The first kappa shape index (κ1) is 17.6. The standard InChI is InChI=1S/C17H23F3O/c1-3-8-16(17(18,19)20)13-14(2)21-12-7-6-11-15-9-4-5-10-15/h3,6,8,11,13,15H,1,4-5,7,9-10,12H2,2H3/b11-6+,14-13+,16-8+. The van der Waals surface area contributed by atoms with Gasteiger partial charge in [0.1, 0.15) is 0 Å². The average Bonchev–Trinajstić information content (AvgIpc) is 2.90. The SMILES string of the molecule is C=C/C=C(\C=C(/C)OCC/C=C/C1CCCC1)C(F)(F)F. The van der Waals surface area contributed by atoms with E-state index in [0.717, 1.165) is 18.2 Å². The van der Waals surface area contributed by atoms with Crippen molar-refractivity contribution < 1.29 is 17.9 Å². The summed E-state index contributed by atoms with van der Waals surface area (Å²) in [7, 11) is 0. The lowest BCUT2D eigenvalue weighted by Gasteiger charge is -2.10. The summed E-state index contributed by atoms with van der Waals surface area (Å²) < 4.78 is 43.3. The second kappa shape index (κ2) is 8.75. The van der Waals surface area contributed by atoms with Crippen LogP contribution in [0.3, 0.4) is 0 Å². The van der Waals surface area contributed by atoms with Crippen LogP contribution in [-0.2, 0) is 4.74 Å². The first-order chi connectivity index (χ1) is 9.93. The third kappa shape index (κ3) is 7.21. The molecule has 4 heteroatoms. The van der Waals surface area contributed by atoms with Gasteiger partial charge in [-0.25, -0.2) is 0 Å². The van der Waals surface area contributed by atoms with Crippen LogP contribution in [0.4, 0.5) is 13.2 Å². The first-order valence-electron chi connectivity index (χ1n) is 7.31. The van der Waals surface area contributed by atoms with Crippen molar-refractivity contribution in [1.82, 2.24) is 0 Å². The Balaban J connectivity index is 2.37. The molecule has 0 unspecified atom stereocenters. The highest BCUT2D eigenvalue weighted by Gasteiger charge is 2.31. The van der Waals surface area contributed by atoms with Gasteiger partial charge in [-0.1, -0.05) is 43.7 Å². The third-order valence-electron chi connectivity index (χ3n) is 3.41. The van der Waals surface area contributed by atoms with Gasteiger partial charge >= 0.3 is 6.18 Å². The molecule has 0 bridgehead atoms. The average molecular weight is 300 g/mol. The van der Waals surface area contributed by atoms with E-state index in [1.165, 1.54) is 32.6 Å². The maximum Gasteiger partial charge on any atom is 0.416 e. The molecule has 0 aromatic heterocycles. The van der Waals surface area contributed by atoms with Crippen LogP contribution >= 0.6 is 0 Å². The van der Waals surface area contributed by atoms with E-state index in [1.54, 1.807) is 0 Å². The van der Waals surface area contributed by atoms with Crippen LogP contribution in [0.2, 0.25) is 0 Å². The van der Waals surface area contributed by atoms with Crippen LogP contribution in [0.25, 0.3) is 0 Å². The molecule has 1 aliphatic rings. The van der Waals surface area contributed by atoms with Gasteiger partial charge in [0.05, 0.1) is 17.9 Å². The van der Waals surface area contributed by atoms with Crippen LogP contribution in [0.5, 0.6) is 0 Å².